The van der Waals surface area contributed by atoms with Crippen molar-refractivity contribution in [3.63, 3.8) is 0 Å². The third-order valence-electron chi connectivity index (χ3n) is 7.95. The Morgan fingerprint density at radius 2 is 1.67 bits per heavy atom. The molecule has 4 N–H and O–H groups in total. The first-order valence-corrected chi connectivity index (χ1v) is 14.8. The fraction of sp³-hybridized carbons (Fsp3) is 0.364. The van der Waals surface area contributed by atoms with E-state index in [2.05, 4.69) is 15.5 Å². The molecular weight excluding hydrogens is 580 g/mol. The van der Waals surface area contributed by atoms with Gasteiger partial charge in [0.05, 0.1) is 24.6 Å². The normalized spacial score (nSPS) is 18.2. The standard InChI is InChI=1S/C33H38N4O8/c1-20-15-37(21(2)18-38)31(39)13-24-12-25(34-33(42)35-26-9-11-28-29(14-26)44-19-43-28)8-10-27(24)45-30(20)17-36(3)16-22-4-6-23(7-5-22)32(40)41/h4-12,14,20-21,30,38H,13,15-19H2,1-3H3,(H,40,41)(H2,34,35,42)/t20-,21-,30-/m1/s1. The van der Waals surface area contributed by atoms with Crippen molar-refractivity contribution in [2.75, 3.05) is 44.2 Å². The number of ether oxygens (including phenoxy) is 3. The van der Waals surface area contributed by atoms with Gasteiger partial charge in [-0.15, -0.1) is 0 Å². The van der Waals surface area contributed by atoms with Crippen molar-refractivity contribution in [3.05, 3.63) is 77.4 Å². The number of aliphatic hydroxyl groups is 1. The Balaban J connectivity index is 1.33. The van der Waals surface area contributed by atoms with Crippen LogP contribution in [0.5, 0.6) is 17.2 Å². The van der Waals surface area contributed by atoms with Crippen LogP contribution in [0.15, 0.2) is 60.7 Å². The topological polar surface area (TPSA) is 150 Å². The number of hydrogen-bond acceptors (Lipinski definition) is 8. The fourth-order valence-electron chi connectivity index (χ4n) is 5.43. The summed E-state index contributed by atoms with van der Waals surface area (Å²) in [6.07, 6.45) is -0.288. The molecule has 0 aliphatic carbocycles. The minimum Gasteiger partial charge on any atom is -0.488 e. The van der Waals surface area contributed by atoms with Gasteiger partial charge in [-0.3, -0.25) is 9.69 Å². The summed E-state index contributed by atoms with van der Waals surface area (Å²) >= 11 is 0. The Morgan fingerprint density at radius 3 is 2.36 bits per heavy atom. The molecule has 12 nitrogen and oxygen atoms in total. The van der Waals surface area contributed by atoms with Crippen LogP contribution in [0.1, 0.15) is 35.3 Å². The monoisotopic (exact) mass is 618 g/mol. The molecule has 0 saturated carbocycles. The Labute approximate surface area is 261 Å². The third kappa shape index (κ3) is 7.83. The number of carboxylic acids is 1. The summed E-state index contributed by atoms with van der Waals surface area (Å²) in [6, 6.07) is 16.2. The van der Waals surface area contributed by atoms with Crippen LogP contribution in [0.4, 0.5) is 16.2 Å². The number of nitrogens with one attached hydrogen (secondary N) is 2. The number of aliphatic hydroxyl groups excluding tert-OH is 1. The number of amides is 3. The quantitative estimate of drug-likeness (QED) is 0.279. The van der Waals surface area contributed by atoms with Crippen LogP contribution >= 0.6 is 0 Å². The number of fused-ring (bicyclic) bond motifs is 2. The van der Waals surface area contributed by atoms with E-state index in [1.54, 1.807) is 65.6 Å². The van der Waals surface area contributed by atoms with E-state index in [0.717, 1.165) is 5.56 Å². The molecular formula is C33H38N4O8. The van der Waals surface area contributed by atoms with Gasteiger partial charge in [-0.2, -0.15) is 0 Å². The molecule has 2 aliphatic heterocycles. The van der Waals surface area contributed by atoms with Gasteiger partial charge in [0.25, 0.3) is 0 Å². The summed E-state index contributed by atoms with van der Waals surface area (Å²) in [5.74, 6) is 0.494. The number of nitrogens with zero attached hydrogens (tertiary/aromatic N) is 2. The van der Waals surface area contributed by atoms with Crippen LogP contribution in [0.2, 0.25) is 0 Å². The zero-order chi connectivity index (χ0) is 32.1. The maximum Gasteiger partial charge on any atom is 0.335 e. The van der Waals surface area contributed by atoms with Gasteiger partial charge >= 0.3 is 12.0 Å². The molecule has 3 aromatic rings. The molecule has 3 amide bonds. The fourth-order valence-corrected chi connectivity index (χ4v) is 5.43. The van der Waals surface area contributed by atoms with Gasteiger partial charge in [-0.05, 0) is 62.0 Å². The van der Waals surface area contributed by atoms with Crippen LogP contribution in [-0.4, -0.2) is 83.6 Å². The van der Waals surface area contributed by atoms with Crippen molar-refractivity contribution >= 4 is 29.3 Å². The summed E-state index contributed by atoms with van der Waals surface area (Å²) in [4.78, 5) is 41.4. The zero-order valence-electron chi connectivity index (χ0n) is 25.5. The molecule has 12 heteroatoms. The molecule has 0 fully saturated rings. The number of aromatic carboxylic acids is 1. The van der Waals surface area contributed by atoms with Gasteiger partial charge in [0.2, 0.25) is 12.7 Å². The molecule has 0 unspecified atom stereocenters. The van der Waals surface area contributed by atoms with E-state index in [0.29, 0.717) is 53.8 Å². The van der Waals surface area contributed by atoms with E-state index >= 15 is 0 Å². The van der Waals surface area contributed by atoms with Gasteiger partial charge in [0.1, 0.15) is 11.9 Å². The van der Waals surface area contributed by atoms with Gasteiger partial charge < -0.3 is 40.0 Å². The number of rotatable bonds is 9. The summed E-state index contributed by atoms with van der Waals surface area (Å²) in [6.45, 7) is 5.27. The van der Waals surface area contributed by atoms with Crippen molar-refractivity contribution in [1.29, 1.82) is 0 Å². The van der Waals surface area contributed by atoms with Crippen LogP contribution in [0, 0.1) is 5.92 Å². The lowest BCUT2D eigenvalue weighted by Crippen LogP contribution is -2.47. The minimum absolute atomic E-state index is 0.0319. The van der Waals surface area contributed by atoms with E-state index in [-0.39, 0.29) is 49.4 Å². The number of carbonyl (C=O) groups is 3. The Kier molecular flexibility index (Phi) is 9.74. The Hall–Kier alpha value is -4.81. The van der Waals surface area contributed by atoms with Crippen LogP contribution in [-0.2, 0) is 17.8 Å². The Bertz CT molecular complexity index is 1550. The number of urea groups is 1. The van der Waals surface area contributed by atoms with Crippen molar-refractivity contribution in [2.45, 2.75) is 39.0 Å². The average Bonchev–Trinajstić information content (AvgIpc) is 3.49. The number of anilines is 2. The van der Waals surface area contributed by atoms with E-state index in [9.17, 15) is 24.6 Å². The lowest BCUT2D eigenvalue weighted by atomic mass is 10.0. The molecule has 238 valence electrons. The molecule has 3 aromatic carbocycles. The first kappa shape index (κ1) is 31.6. The van der Waals surface area contributed by atoms with Crippen LogP contribution in [0.25, 0.3) is 0 Å². The molecule has 0 saturated heterocycles. The lowest BCUT2D eigenvalue weighted by molar-refractivity contribution is -0.134. The van der Waals surface area contributed by atoms with E-state index < -0.39 is 12.0 Å². The largest absolute Gasteiger partial charge is 0.488 e. The van der Waals surface area contributed by atoms with Crippen molar-refractivity contribution in [3.8, 4) is 17.2 Å². The SMILES string of the molecule is C[C@@H]1CN([C@H](C)CO)C(=O)Cc2cc(NC(=O)Nc3ccc4c(c3)OCO4)ccc2O[C@@H]1CN(C)Cc1ccc(C(=O)O)cc1. The summed E-state index contributed by atoms with van der Waals surface area (Å²) in [7, 11) is 1.96. The van der Waals surface area contributed by atoms with Crippen LogP contribution < -0.4 is 24.8 Å². The highest BCUT2D eigenvalue weighted by Crippen LogP contribution is 2.34. The van der Waals surface area contributed by atoms with Gasteiger partial charge in [0.15, 0.2) is 11.5 Å². The van der Waals surface area contributed by atoms with Gasteiger partial charge in [0, 0.05) is 48.6 Å². The number of carboxylic acid groups (broad SMARTS) is 1. The molecule has 2 heterocycles. The second-order valence-corrected chi connectivity index (χ2v) is 11.6. The first-order chi connectivity index (χ1) is 21.6. The predicted molar refractivity (Wildman–Crippen MR) is 167 cm³/mol. The predicted octanol–water partition coefficient (Wildman–Crippen LogP) is 4.04. The summed E-state index contributed by atoms with van der Waals surface area (Å²) in [5, 5.41) is 24.7. The average molecular weight is 619 g/mol. The molecule has 0 aromatic heterocycles. The maximum atomic E-state index is 13.5. The van der Waals surface area contributed by atoms with Crippen molar-refractivity contribution in [2.24, 2.45) is 5.92 Å². The Morgan fingerprint density at radius 1 is 1.00 bits per heavy atom. The number of hydrogen-bond donors (Lipinski definition) is 4. The minimum atomic E-state index is -0.971. The van der Waals surface area contributed by atoms with Gasteiger partial charge in [-0.25, -0.2) is 9.59 Å². The molecule has 2 aliphatic rings. The highest BCUT2D eigenvalue weighted by Gasteiger charge is 2.31. The molecule has 0 bridgehead atoms. The first-order valence-electron chi connectivity index (χ1n) is 14.8. The summed E-state index contributed by atoms with van der Waals surface area (Å²) < 4.78 is 17.3. The smallest absolute Gasteiger partial charge is 0.335 e. The molecule has 0 radical (unpaired) electrons. The van der Waals surface area contributed by atoms with Crippen molar-refractivity contribution < 1.29 is 38.8 Å². The number of likely N-dealkylation sites (N-methyl/N-ethyl adjacent to an activating group) is 1. The second kappa shape index (κ2) is 13.9. The number of benzene rings is 3. The third-order valence-corrected chi connectivity index (χ3v) is 7.95. The van der Waals surface area contributed by atoms with Crippen LogP contribution in [0.3, 0.4) is 0 Å². The summed E-state index contributed by atoms with van der Waals surface area (Å²) in [5.41, 5.74) is 2.82. The van der Waals surface area contributed by atoms with E-state index in [1.165, 1.54) is 0 Å². The molecule has 5 rings (SSSR count). The lowest BCUT2D eigenvalue weighted by Gasteiger charge is -2.34. The molecule has 45 heavy (non-hydrogen) atoms. The zero-order valence-corrected chi connectivity index (χ0v) is 25.5. The van der Waals surface area contributed by atoms with E-state index in [4.69, 9.17) is 14.2 Å². The van der Waals surface area contributed by atoms with Crippen molar-refractivity contribution in [1.82, 2.24) is 9.80 Å². The second-order valence-electron chi connectivity index (χ2n) is 11.6. The molecule has 0 spiro atoms. The number of carbonyl (C=O) groups excluding carboxylic acids is 2. The molecule has 3 atom stereocenters. The highest BCUT2D eigenvalue weighted by atomic mass is 16.7. The van der Waals surface area contributed by atoms with E-state index in [1.807, 2.05) is 20.9 Å². The highest BCUT2D eigenvalue weighted by molar-refractivity contribution is 6.00. The maximum absolute atomic E-state index is 13.5. The van der Waals surface area contributed by atoms with Gasteiger partial charge in [-0.1, -0.05) is 19.1 Å².